The highest BCUT2D eigenvalue weighted by Gasteiger charge is 2.11. The van der Waals surface area contributed by atoms with E-state index in [2.05, 4.69) is 5.32 Å². The van der Waals surface area contributed by atoms with Gasteiger partial charge in [-0.2, -0.15) is 0 Å². The number of hydrogen-bond acceptors (Lipinski definition) is 2. The Morgan fingerprint density at radius 3 is 2.50 bits per heavy atom. The van der Waals surface area contributed by atoms with Crippen LogP contribution in [0.15, 0.2) is 42.5 Å². The van der Waals surface area contributed by atoms with Crippen molar-refractivity contribution in [3.63, 3.8) is 0 Å². The molecule has 0 saturated carbocycles. The fraction of sp³-hybridized carbons (Fsp3) is 0.250. The molecule has 0 spiro atoms. The molecule has 1 N–H and O–H groups in total. The van der Waals surface area contributed by atoms with Crippen LogP contribution in [0.25, 0.3) is 0 Å². The van der Waals surface area contributed by atoms with Crippen molar-refractivity contribution in [1.82, 2.24) is 5.32 Å². The molecule has 2 aromatic rings. The Morgan fingerprint density at radius 2 is 1.85 bits per heavy atom. The summed E-state index contributed by atoms with van der Waals surface area (Å²) >= 11 is 5.82. The molecule has 0 unspecified atom stereocenters. The predicted molar refractivity (Wildman–Crippen MR) is 79.9 cm³/mol. The highest BCUT2D eigenvalue weighted by Crippen LogP contribution is 2.29. The lowest BCUT2D eigenvalue weighted by Crippen LogP contribution is -2.22. The van der Waals surface area contributed by atoms with E-state index in [-0.39, 0.29) is 11.6 Å². The second-order valence-corrected chi connectivity index (χ2v) is 5.26. The van der Waals surface area contributed by atoms with Gasteiger partial charge in [-0.25, -0.2) is 4.39 Å². The smallest absolute Gasteiger partial charge is 0.167 e. The minimum Gasteiger partial charge on any atom is -0.454 e. The summed E-state index contributed by atoms with van der Waals surface area (Å²) in [5.74, 6) is 0.441. The van der Waals surface area contributed by atoms with E-state index in [0.717, 1.165) is 5.56 Å². The second kappa shape index (κ2) is 6.73. The number of rotatable bonds is 5. The Balaban J connectivity index is 2.23. The second-order valence-electron chi connectivity index (χ2n) is 4.82. The molecular weight excluding hydrogens is 277 g/mol. The summed E-state index contributed by atoms with van der Waals surface area (Å²) in [4.78, 5) is 0. The summed E-state index contributed by atoms with van der Waals surface area (Å²) in [6, 6.07) is 12.1. The molecular formula is C16H17ClFNO. The maximum absolute atomic E-state index is 14.0. The van der Waals surface area contributed by atoms with Gasteiger partial charge in [-0.05, 0) is 30.3 Å². The molecule has 0 radical (unpaired) electrons. The van der Waals surface area contributed by atoms with Gasteiger partial charge in [-0.15, -0.1) is 0 Å². The van der Waals surface area contributed by atoms with Crippen LogP contribution in [0.1, 0.15) is 19.4 Å². The lowest BCUT2D eigenvalue weighted by Gasteiger charge is -2.14. The summed E-state index contributed by atoms with van der Waals surface area (Å²) in [6.45, 7) is 4.64. The van der Waals surface area contributed by atoms with Gasteiger partial charge in [0.05, 0.1) is 0 Å². The molecule has 0 aliphatic carbocycles. The standard InChI is InChI=1S/C16H17ClFNO/c1-11(2)19-10-12-4-3-5-15(18)16(12)20-14-8-6-13(17)7-9-14/h3-9,11,19H,10H2,1-2H3. The number of ether oxygens (including phenoxy) is 1. The van der Waals surface area contributed by atoms with E-state index in [0.29, 0.717) is 23.4 Å². The van der Waals surface area contributed by atoms with Gasteiger partial charge in [0.15, 0.2) is 11.6 Å². The van der Waals surface area contributed by atoms with Crippen LogP contribution in [0.5, 0.6) is 11.5 Å². The highest BCUT2D eigenvalue weighted by atomic mass is 35.5. The first kappa shape index (κ1) is 14.8. The number of hydrogen-bond donors (Lipinski definition) is 1. The number of nitrogens with one attached hydrogen (secondary N) is 1. The van der Waals surface area contributed by atoms with E-state index in [9.17, 15) is 4.39 Å². The predicted octanol–water partition coefficient (Wildman–Crippen LogP) is 4.77. The topological polar surface area (TPSA) is 21.3 Å². The van der Waals surface area contributed by atoms with Gasteiger partial charge < -0.3 is 10.1 Å². The zero-order valence-electron chi connectivity index (χ0n) is 11.5. The first-order valence-corrected chi connectivity index (χ1v) is 6.88. The zero-order valence-corrected chi connectivity index (χ0v) is 12.2. The van der Waals surface area contributed by atoms with Crippen LogP contribution < -0.4 is 10.1 Å². The van der Waals surface area contributed by atoms with Crippen molar-refractivity contribution in [3.8, 4) is 11.5 Å². The third kappa shape index (κ3) is 3.95. The maximum atomic E-state index is 14.0. The monoisotopic (exact) mass is 293 g/mol. The van der Waals surface area contributed by atoms with Gasteiger partial charge in [0.2, 0.25) is 0 Å². The first-order valence-electron chi connectivity index (χ1n) is 6.50. The van der Waals surface area contributed by atoms with Crippen molar-refractivity contribution in [1.29, 1.82) is 0 Å². The zero-order chi connectivity index (χ0) is 14.5. The molecule has 0 bridgehead atoms. The van der Waals surface area contributed by atoms with Gasteiger partial charge >= 0.3 is 0 Å². The molecule has 0 atom stereocenters. The van der Waals surface area contributed by atoms with Crippen LogP contribution in [0.2, 0.25) is 5.02 Å². The molecule has 0 amide bonds. The van der Waals surface area contributed by atoms with Crippen molar-refractivity contribution in [2.24, 2.45) is 0 Å². The van der Waals surface area contributed by atoms with Gasteiger partial charge in [0, 0.05) is 23.2 Å². The molecule has 0 fully saturated rings. The van der Waals surface area contributed by atoms with Gasteiger partial charge in [-0.3, -0.25) is 0 Å². The number of halogens is 2. The van der Waals surface area contributed by atoms with E-state index in [1.807, 2.05) is 19.9 Å². The summed E-state index contributed by atoms with van der Waals surface area (Å²) in [7, 11) is 0. The van der Waals surface area contributed by atoms with Crippen LogP contribution in [0.4, 0.5) is 4.39 Å². The summed E-state index contributed by atoms with van der Waals surface area (Å²) < 4.78 is 19.6. The Labute approximate surface area is 123 Å². The molecule has 0 aliphatic rings. The van der Waals surface area contributed by atoms with Gasteiger partial charge in [0.1, 0.15) is 5.75 Å². The minimum atomic E-state index is -0.372. The Hall–Kier alpha value is -1.58. The van der Waals surface area contributed by atoms with Crippen molar-refractivity contribution in [3.05, 3.63) is 58.9 Å². The molecule has 0 saturated heterocycles. The van der Waals surface area contributed by atoms with Crippen molar-refractivity contribution in [2.45, 2.75) is 26.4 Å². The van der Waals surface area contributed by atoms with Gasteiger partial charge in [-0.1, -0.05) is 37.6 Å². The largest absolute Gasteiger partial charge is 0.454 e. The van der Waals surface area contributed by atoms with Crippen molar-refractivity contribution >= 4 is 11.6 Å². The average molecular weight is 294 g/mol. The van der Waals surface area contributed by atoms with Crippen molar-refractivity contribution < 1.29 is 9.13 Å². The van der Waals surface area contributed by atoms with Crippen LogP contribution >= 0.6 is 11.6 Å². The number of benzene rings is 2. The van der Waals surface area contributed by atoms with E-state index in [1.165, 1.54) is 6.07 Å². The normalized spacial score (nSPS) is 10.8. The highest BCUT2D eigenvalue weighted by molar-refractivity contribution is 6.30. The third-order valence-corrected chi connectivity index (χ3v) is 3.03. The van der Waals surface area contributed by atoms with Gasteiger partial charge in [0.25, 0.3) is 0 Å². The lowest BCUT2D eigenvalue weighted by molar-refractivity contribution is 0.431. The molecule has 20 heavy (non-hydrogen) atoms. The SMILES string of the molecule is CC(C)NCc1cccc(F)c1Oc1ccc(Cl)cc1. The third-order valence-electron chi connectivity index (χ3n) is 2.78. The van der Waals surface area contributed by atoms with Crippen molar-refractivity contribution in [2.75, 3.05) is 0 Å². The summed E-state index contributed by atoms with van der Waals surface area (Å²) in [5, 5.41) is 3.87. The molecule has 106 valence electrons. The molecule has 0 aliphatic heterocycles. The molecule has 2 aromatic carbocycles. The minimum absolute atomic E-state index is 0.253. The quantitative estimate of drug-likeness (QED) is 0.857. The lowest BCUT2D eigenvalue weighted by atomic mass is 10.2. The summed E-state index contributed by atoms with van der Waals surface area (Å²) in [6.07, 6.45) is 0. The number of para-hydroxylation sites is 1. The van der Waals surface area contributed by atoms with Crippen LogP contribution in [0, 0.1) is 5.82 Å². The van der Waals surface area contributed by atoms with Crippen LogP contribution in [0.3, 0.4) is 0 Å². The van der Waals surface area contributed by atoms with E-state index >= 15 is 0 Å². The Bertz CT molecular complexity index is 569. The van der Waals surface area contributed by atoms with Crippen LogP contribution in [-0.4, -0.2) is 6.04 Å². The Kier molecular flexibility index (Phi) is 4.99. The fourth-order valence-corrected chi connectivity index (χ4v) is 1.87. The fourth-order valence-electron chi connectivity index (χ4n) is 1.74. The van der Waals surface area contributed by atoms with E-state index in [1.54, 1.807) is 30.3 Å². The Morgan fingerprint density at radius 1 is 1.15 bits per heavy atom. The summed E-state index contributed by atoms with van der Waals surface area (Å²) in [5.41, 5.74) is 0.786. The maximum Gasteiger partial charge on any atom is 0.167 e. The molecule has 0 heterocycles. The molecule has 4 heteroatoms. The molecule has 2 rings (SSSR count). The molecule has 0 aromatic heterocycles. The van der Waals surface area contributed by atoms with E-state index in [4.69, 9.17) is 16.3 Å². The first-order chi connectivity index (χ1) is 9.56. The van der Waals surface area contributed by atoms with E-state index < -0.39 is 0 Å². The molecule has 2 nitrogen and oxygen atoms in total. The van der Waals surface area contributed by atoms with Crippen LogP contribution in [-0.2, 0) is 6.54 Å². The average Bonchev–Trinajstić information content (AvgIpc) is 2.41.